The van der Waals surface area contributed by atoms with Gasteiger partial charge in [-0.3, -0.25) is 9.59 Å². The average molecular weight is 449 g/mol. The molecule has 3 rings (SSSR count). The minimum absolute atomic E-state index is 0.000165. The van der Waals surface area contributed by atoms with E-state index in [2.05, 4.69) is 9.97 Å². The number of halogens is 1. The number of nitrogens with zero attached hydrogens (tertiary/aromatic N) is 3. The van der Waals surface area contributed by atoms with Crippen molar-refractivity contribution in [2.45, 2.75) is 52.7 Å². The first kappa shape index (κ1) is 23.1. The number of rotatable bonds is 4. The monoisotopic (exact) mass is 448 g/mol. The van der Waals surface area contributed by atoms with Gasteiger partial charge in [0.25, 0.3) is 5.56 Å². The summed E-state index contributed by atoms with van der Waals surface area (Å²) in [5, 5.41) is 0.953. The lowest BCUT2D eigenvalue weighted by molar-refractivity contribution is -0.137. The van der Waals surface area contributed by atoms with Gasteiger partial charge in [-0.15, -0.1) is 0 Å². The maximum Gasteiger partial charge on any atom is 0.410 e. The van der Waals surface area contributed by atoms with Crippen molar-refractivity contribution in [3.8, 4) is 0 Å². The van der Waals surface area contributed by atoms with Crippen molar-refractivity contribution in [1.29, 1.82) is 0 Å². The lowest BCUT2D eigenvalue weighted by atomic mass is 9.95. The molecule has 168 valence electrons. The van der Waals surface area contributed by atoms with Gasteiger partial charge in [-0.1, -0.05) is 11.6 Å². The molecule has 0 spiro atoms. The number of aromatic nitrogens is 2. The average Bonchev–Trinajstić information content (AvgIpc) is 2.70. The van der Waals surface area contributed by atoms with E-state index in [1.807, 2.05) is 27.7 Å². The smallest absolute Gasteiger partial charge is 0.410 e. The zero-order valence-corrected chi connectivity index (χ0v) is 19.2. The fourth-order valence-corrected chi connectivity index (χ4v) is 3.82. The van der Waals surface area contributed by atoms with Gasteiger partial charge in [0, 0.05) is 30.6 Å². The summed E-state index contributed by atoms with van der Waals surface area (Å²) in [6.45, 7) is 9.04. The molecule has 0 aliphatic carbocycles. The van der Waals surface area contributed by atoms with Gasteiger partial charge in [0.2, 0.25) is 5.91 Å². The molecule has 1 aliphatic rings. The molecule has 0 atom stereocenters. The number of hydrogen-bond acceptors (Lipinski definition) is 5. The molecule has 2 aromatic rings. The number of amides is 2. The molecule has 31 heavy (non-hydrogen) atoms. The molecule has 1 aromatic heterocycles. The number of carbonyl (C=O) groups excluding carboxylic acids is 2. The molecule has 1 aromatic carbocycles. The lowest BCUT2D eigenvalue weighted by Gasteiger charge is -2.34. The molecular formula is C22H29ClN4O4. The van der Waals surface area contributed by atoms with Crippen LogP contribution in [0.15, 0.2) is 23.0 Å². The van der Waals surface area contributed by atoms with E-state index in [1.165, 1.54) is 0 Å². The molecule has 1 fully saturated rings. The molecule has 9 heteroatoms. The Labute approximate surface area is 186 Å². The van der Waals surface area contributed by atoms with E-state index in [9.17, 15) is 14.4 Å². The number of H-pyrrole nitrogens is 1. The number of aromatic amines is 1. The minimum Gasteiger partial charge on any atom is -0.444 e. The molecular weight excluding hydrogens is 420 g/mol. The molecule has 0 bridgehead atoms. The molecule has 1 N–H and O–H groups in total. The maximum absolute atomic E-state index is 13.1. The maximum atomic E-state index is 13.1. The van der Waals surface area contributed by atoms with Gasteiger partial charge >= 0.3 is 6.09 Å². The van der Waals surface area contributed by atoms with Crippen molar-refractivity contribution < 1.29 is 14.3 Å². The number of likely N-dealkylation sites (tertiary alicyclic amines) is 1. The molecule has 0 saturated carbocycles. The summed E-state index contributed by atoms with van der Waals surface area (Å²) in [5.41, 5.74) is -0.303. The van der Waals surface area contributed by atoms with Crippen molar-refractivity contribution in [1.82, 2.24) is 19.8 Å². The van der Waals surface area contributed by atoms with E-state index in [-0.39, 0.29) is 30.0 Å². The Kier molecular flexibility index (Phi) is 6.89. The molecule has 0 unspecified atom stereocenters. The van der Waals surface area contributed by atoms with Crippen molar-refractivity contribution >= 4 is 34.5 Å². The number of fused-ring (bicyclic) bond motifs is 1. The van der Waals surface area contributed by atoms with Gasteiger partial charge in [-0.25, -0.2) is 9.78 Å². The molecule has 2 heterocycles. The van der Waals surface area contributed by atoms with Crippen LogP contribution in [0.3, 0.4) is 0 Å². The van der Waals surface area contributed by atoms with Gasteiger partial charge in [-0.2, -0.15) is 0 Å². The van der Waals surface area contributed by atoms with Crippen LogP contribution < -0.4 is 5.56 Å². The van der Waals surface area contributed by atoms with Crippen LogP contribution in [-0.2, 0) is 16.1 Å². The third-order valence-corrected chi connectivity index (χ3v) is 5.48. The summed E-state index contributed by atoms with van der Waals surface area (Å²) in [5.74, 6) is 0.238. The quantitative estimate of drug-likeness (QED) is 0.771. The molecule has 8 nitrogen and oxygen atoms in total. The first-order valence-corrected chi connectivity index (χ1v) is 10.9. The second kappa shape index (κ2) is 9.26. The third-order valence-electron chi connectivity index (χ3n) is 5.25. The lowest BCUT2D eigenvalue weighted by Crippen LogP contribution is -2.45. The van der Waals surface area contributed by atoms with Crippen LogP contribution in [0.1, 0.15) is 46.4 Å². The third kappa shape index (κ3) is 5.76. The molecule has 1 saturated heterocycles. The van der Waals surface area contributed by atoms with E-state index in [4.69, 9.17) is 16.3 Å². The normalized spacial score (nSPS) is 15.2. The number of hydrogen-bond donors (Lipinski definition) is 1. The Morgan fingerprint density at radius 2 is 1.97 bits per heavy atom. The number of nitrogens with one attached hydrogen (secondary N) is 1. The van der Waals surface area contributed by atoms with E-state index in [0.29, 0.717) is 54.2 Å². The largest absolute Gasteiger partial charge is 0.444 e. The summed E-state index contributed by atoms with van der Waals surface area (Å²) in [4.78, 5) is 48.3. The van der Waals surface area contributed by atoms with E-state index >= 15 is 0 Å². The van der Waals surface area contributed by atoms with Crippen LogP contribution in [0, 0.1) is 5.92 Å². The summed E-state index contributed by atoms with van der Waals surface area (Å²) in [6.07, 6.45) is 0.805. The van der Waals surface area contributed by atoms with Gasteiger partial charge < -0.3 is 19.5 Å². The highest BCUT2D eigenvalue weighted by Gasteiger charge is 2.32. The molecule has 1 aliphatic heterocycles. The van der Waals surface area contributed by atoms with Crippen molar-refractivity contribution in [2.24, 2.45) is 5.92 Å². The summed E-state index contributed by atoms with van der Waals surface area (Å²) >= 11 is 6.02. The predicted molar refractivity (Wildman–Crippen MR) is 119 cm³/mol. The first-order valence-electron chi connectivity index (χ1n) is 10.5. The van der Waals surface area contributed by atoms with Crippen LogP contribution in [-0.4, -0.2) is 57.0 Å². The fourth-order valence-electron chi connectivity index (χ4n) is 3.66. The Balaban J connectivity index is 1.65. The first-order chi connectivity index (χ1) is 14.6. The van der Waals surface area contributed by atoms with E-state index < -0.39 is 5.60 Å². The van der Waals surface area contributed by atoms with Gasteiger partial charge in [0.15, 0.2) is 0 Å². The van der Waals surface area contributed by atoms with Crippen molar-refractivity contribution in [2.75, 3.05) is 19.6 Å². The highest BCUT2D eigenvalue weighted by atomic mass is 35.5. The van der Waals surface area contributed by atoms with Gasteiger partial charge in [0.05, 0.1) is 17.4 Å². The zero-order valence-electron chi connectivity index (χ0n) is 18.4. The van der Waals surface area contributed by atoms with Crippen LogP contribution >= 0.6 is 11.6 Å². The second-order valence-electron chi connectivity index (χ2n) is 8.77. The Bertz CT molecular complexity index is 1020. The Morgan fingerprint density at radius 1 is 1.29 bits per heavy atom. The number of carbonyl (C=O) groups is 2. The second-order valence-corrected chi connectivity index (χ2v) is 9.20. The SMILES string of the molecule is CCN(Cc1nc2cc(Cl)ccc2c(=O)[nH]1)C(=O)C1CCN(C(=O)OC(C)(C)C)CC1. The number of benzene rings is 1. The molecule has 2 amide bonds. The summed E-state index contributed by atoms with van der Waals surface area (Å²) < 4.78 is 5.42. The summed E-state index contributed by atoms with van der Waals surface area (Å²) in [7, 11) is 0. The van der Waals surface area contributed by atoms with E-state index in [1.54, 1.807) is 28.0 Å². The molecule has 0 radical (unpaired) electrons. The van der Waals surface area contributed by atoms with Gasteiger partial charge in [-0.05, 0) is 58.7 Å². The summed E-state index contributed by atoms with van der Waals surface area (Å²) in [6, 6.07) is 4.92. The number of piperidine rings is 1. The minimum atomic E-state index is -0.545. The van der Waals surface area contributed by atoms with Gasteiger partial charge in [0.1, 0.15) is 11.4 Å². The Morgan fingerprint density at radius 3 is 2.58 bits per heavy atom. The van der Waals surface area contributed by atoms with Crippen molar-refractivity contribution in [3.63, 3.8) is 0 Å². The highest BCUT2D eigenvalue weighted by Crippen LogP contribution is 2.22. The Hall–Kier alpha value is -2.61. The fraction of sp³-hybridized carbons (Fsp3) is 0.545. The van der Waals surface area contributed by atoms with E-state index in [0.717, 1.165) is 0 Å². The van der Waals surface area contributed by atoms with Crippen molar-refractivity contribution in [3.05, 3.63) is 39.4 Å². The standard InChI is InChI=1S/C22H29ClN4O4/c1-5-26(13-18-24-17-12-15(23)6-7-16(17)19(28)25-18)20(29)14-8-10-27(11-9-14)21(30)31-22(2,3)4/h6-7,12,14H,5,8-11,13H2,1-4H3,(H,24,25,28). The number of ether oxygens (including phenoxy) is 1. The van der Waals surface area contributed by atoms with Crippen LogP contribution in [0.5, 0.6) is 0 Å². The van der Waals surface area contributed by atoms with Crippen LogP contribution in [0.2, 0.25) is 5.02 Å². The topological polar surface area (TPSA) is 95.6 Å². The zero-order chi connectivity index (χ0) is 22.8. The predicted octanol–water partition coefficient (Wildman–Crippen LogP) is 3.57. The van der Waals surface area contributed by atoms with Crippen LogP contribution in [0.4, 0.5) is 4.79 Å². The highest BCUT2D eigenvalue weighted by molar-refractivity contribution is 6.31. The van der Waals surface area contributed by atoms with Crippen LogP contribution in [0.25, 0.3) is 10.9 Å².